The second-order valence-corrected chi connectivity index (χ2v) is 6.96. The second-order valence-electron chi connectivity index (χ2n) is 3.37. The zero-order valence-corrected chi connectivity index (χ0v) is 11.9. The van der Waals surface area contributed by atoms with Crippen LogP contribution in [0.4, 0.5) is 0 Å². The van der Waals surface area contributed by atoms with E-state index in [4.69, 9.17) is 0 Å². The Morgan fingerprint density at radius 1 is 1.12 bits per heavy atom. The zero-order valence-electron chi connectivity index (χ0n) is 9.93. The Bertz CT molecular complexity index is 382. The van der Waals surface area contributed by atoms with Crippen molar-refractivity contribution in [3.8, 4) is 0 Å². The van der Waals surface area contributed by atoms with Crippen LogP contribution in [0.3, 0.4) is 0 Å². The summed E-state index contributed by atoms with van der Waals surface area (Å²) in [7, 11) is -4.27. The molecule has 0 saturated carbocycles. The van der Waals surface area contributed by atoms with Gasteiger partial charge in [-0.1, -0.05) is 17.7 Å². The first-order valence-electron chi connectivity index (χ1n) is 5.26. The van der Waals surface area contributed by atoms with Crippen LogP contribution in [0.25, 0.3) is 0 Å². The third-order valence-corrected chi connectivity index (χ3v) is 3.89. The summed E-state index contributed by atoms with van der Waals surface area (Å²) in [6, 6.07) is 5.78. The van der Waals surface area contributed by atoms with Gasteiger partial charge in [-0.25, -0.2) is 8.42 Å². The standard InChI is InChI=1S/C7H8O3S.2C2H5.Al/c1-6-2-4-7(5-3-6)11(8,9)10;2*1-2;/h2-5H,1H3,(H,8,9,10);2*1H2,2H3;/q;;;+1/p-1. The fraction of sp³-hybridized carbons (Fsp3) is 0.455. The van der Waals surface area contributed by atoms with Crippen LogP contribution in [0.1, 0.15) is 19.4 Å². The zero-order chi connectivity index (χ0) is 12.6. The van der Waals surface area contributed by atoms with Gasteiger partial charge in [-0.15, -0.1) is 0 Å². The molecule has 0 saturated heterocycles. The van der Waals surface area contributed by atoms with E-state index in [0.717, 1.165) is 20.8 Å². The van der Waals surface area contributed by atoms with Crippen molar-refractivity contribution in [2.24, 2.45) is 0 Å². The number of hydrogen-bond acceptors (Lipinski definition) is 3. The second kappa shape index (κ2) is 7.86. The molecule has 0 unspecified atom stereocenters. The van der Waals surface area contributed by atoms with E-state index in [1.54, 1.807) is 12.1 Å². The minimum atomic E-state index is -4.27. The fourth-order valence-corrected chi connectivity index (χ4v) is 2.04. The van der Waals surface area contributed by atoms with Crippen molar-refractivity contribution in [3.05, 3.63) is 29.8 Å². The van der Waals surface area contributed by atoms with Gasteiger partial charge in [-0.2, -0.15) is 0 Å². The van der Waals surface area contributed by atoms with Crippen LogP contribution >= 0.6 is 0 Å². The number of rotatable bonds is 3. The van der Waals surface area contributed by atoms with Crippen LogP contribution in [-0.4, -0.2) is 28.2 Å². The van der Waals surface area contributed by atoms with Crippen LogP contribution in [-0.2, 0) is 10.1 Å². The van der Waals surface area contributed by atoms with E-state index in [0.29, 0.717) is 0 Å². The van der Waals surface area contributed by atoms with E-state index >= 15 is 0 Å². The summed E-state index contributed by atoms with van der Waals surface area (Å²) in [5, 5.41) is 2.85. The molecular formula is C11H17AlO3S. The minimum absolute atomic E-state index is 0.178. The molecule has 0 N–H and O–H groups in total. The molecule has 0 radical (unpaired) electrons. The Morgan fingerprint density at radius 3 is 1.81 bits per heavy atom. The molecule has 0 bridgehead atoms. The topological polar surface area (TPSA) is 57.2 Å². The molecule has 16 heavy (non-hydrogen) atoms. The van der Waals surface area contributed by atoms with Gasteiger partial charge < -0.3 is 4.55 Å². The van der Waals surface area contributed by atoms with Crippen molar-refractivity contribution in [1.29, 1.82) is 0 Å². The van der Waals surface area contributed by atoms with Gasteiger partial charge in [0, 0.05) is 0 Å². The SMILES string of the molecule is C[CH2][Al+][CH2]C.Cc1ccc(S(=O)(=O)[O-])cc1. The molecule has 0 aliphatic heterocycles. The number of aryl methyl sites for hydroxylation is 1. The Balaban J connectivity index is 0.000000385. The molecule has 1 aromatic rings. The molecule has 1 aromatic carbocycles. The molecule has 0 aliphatic rings. The molecule has 5 heteroatoms. The van der Waals surface area contributed by atoms with Crippen LogP contribution in [0.5, 0.6) is 0 Å². The molecular weight excluding hydrogens is 239 g/mol. The Morgan fingerprint density at radius 2 is 1.56 bits per heavy atom. The van der Waals surface area contributed by atoms with Crippen molar-refractivity contribution in [2.45, 2.75) is 36.2 Å². The van der Waals surface area contributed by atoms with Crippen molar-refractivity contribution in [3.63, 3.8) is 0 Å². The fourth-order valence-electron chi connectivity index (χ4n) is 0.994. The van der Waals surface area contributed by atoms with Crippen molar-refractivity contribution >= 4 is 25.3 Å². The Labute approximate surface area is 104 Å². The van der Waals surface area contributed by atoms with Gasteiger partial charge in [-0.3, -0.25) is 0 Å². The maximum atomic E-state index is 10.4. The van der Waals surface area contributed by atoms with Gasteiger partial charge in [0.2, 0.25) is 0 Å². The average molecular weight is 256 g/mol. The van der Waals surface area contributed by atoms with Gasteiger partial charge >= 0.3 is 39.6 Å². The summed E-state index contributed by atoms with van der Waals surface area (Å²) in [6.07, 6.45) is 0. The summed E-state index contributed by atoms with van der Waals surface area (Å²) in [5.74, 6) is 0. The largest absolute Gasteiger partial charge is 0.744 e. The van der Waals surface area contributed by atoms with Crippen molar-refractivity contribution in [1.82, 2.24) is 0 Å². The molecule has 0 heterocycles. The third kappa shape index (κ3) is 7.02. The summed E-state index contributed by atoms with van der Waals surface area (Å²) in [4.78, 5) is -0.178. The van der Waals surface area contributed by atoms with Gasteiger partial charge in [0.25, 0.3) is 0 Å². The predicted molar refractivity (Wildman–Crippen MR) is 65.9 cm³/mol. The van der Waals surface area contributed by atoms with E-state index in [1.165, 1.54) is 22.7 Å². The molecule has 0 atom stereocenters. The monoisotopic (exact) mass is 256 g/mol. The summed E-state index contributed by atoms with van der Waals surface area (Å²) in [5.41, 5.74) is 0.928. The molecule has 88 valence electrons. The van der Waals surface area contributed by atoms with Crippen LogP contribution in [0.2, 0.25) is 10.6 Å². The molecule has 3 nitrogen and oxygen atoms in total. The minimum Gasteiger partial charge on any atom is -0.744 e. The molecule has 0 aliphatic carbocycles. The first-order valence-corrected chi connectivity index (χ1v) is 8.30. The normalized spacial score (nSPS) is 10.0. The van der Waals surface area contributed by atoms with E-state index in [9.17, 15) is 13.0 Å². The number of hydrogen-bond donors (Lipinski definition) is 0. The summed E-state index contributed by atoms with van der Waals surface area (Å²) >= 11 is 0.815. The number of benzene rings is 1. The van der Waals surface area contributed by atoms with Gasteiger partial charge in [0.05, 0.1) is 4.90 Å². The molecule has 0 aromatic heterocycles. The Hall–Kier alpha value is -0.338. The maximum Gasteiger partial charge on any atom is 0.124 e. The van der Waals surface area contributed by atoms with Gasteiger partial charge in [0.1, 0.15) is 10.1 Å². The quantitative estimate of drug-likeness (QED) is 0.616. The smallest absolute Gasteiger partial charge is 0.124 e. The van der Waals surface area contributed by atoms with Crippen LogP contribution in [0.15, 0.2) is 29.2 Å². The predicted octanol–water partition coefficient (Wildman–Crippen LogP) is 2.47. The first-order chi connectivity index (χ1) is 7.41. The third-order valence-electron chi connectivity index (χ3n) is 1.89. The average Bonchev–Trinajstić information content (AvgIpc) is 2.19. The van der Waals surface area contributed by atoms with Crippen molar-refractivity contribution < 1.29 is 13.0 Å². The van der Waals surface area contributed by atoms with E-state index in [1.807, 2.05) is 6.92 Å². The van der Waals surface area contributed by atoms with Crippen molar-refractivity contribution in [2.75, 3.05) is 0 Å². The van der Waals surface area contributed by atoms with Gasteiger partial charge in [0.15, 0.2) is 0 Å². The molecule has 1 rings (SSSR count). The maximum absolute atomic E-state index is 10.4. The van der Waals surface area contributed by atoms with Crippen LogP contribution < -0.4 is 0 Å². The van der Waals surface area contributed by atoms with E-state index in [2.05, 4.69) is 13.8 Å². The Kier molecular flexibility index (Phi) is 7.69. The van der Waals surface area contributed by atoms with E-state index in [-0.39, 0.29) is 4.90 Å². The van der Waals surface area contributed by atoms with E-state index < -0.39 is 10.1 Å². The first kappa shape index (κ1) is 15.7. The van der Waals surface area contributed by atoms with Crippen LogP contribution in [0, 0.1) is 6.92 Å². The van der Waals surface area contributed by atoms with Gasteiger partial charge in [-0.05, 0) is 19.1 Å². The summed E-state index contributed by atoms with van der Waals surface area (Å²) < 4.78 is 31.2. The summed E-state index contributed by atoms with van der Waals surface area (Å²) in [6.45, 7) is 6.32. The molecule has 0 amide bonds. The molecule has 0 spiro atoms. The molecule has 0 fully saturated rings.